The normalized spacial score (nSPS) is 48.2. The van der Waals surface area contributed by atoms with Crippen LogP contribution in [0.4, 0.5) is 0 Å². The van der Waals surface area contributed by atoms with Gasteiger partial charge in [-0.3, -0.25) is 0 Å². The molecule has 1 nitrogen and oxygen atoms in total. The summed E-state index contributed by atoms with van der Waals surface area (Å²) in [6, 6.07) is 0.804. The lowest BCUT2D eigenvalue weighted by Gasteiger charge is -2.23. The molecule has 1 saturated heterocycles. The molecule has 0 aromatic heterocycles. The summed E-state index contributed by atoms with van der Waals surface area (Å²) >= 11 is 0. The number of hydrogen-bond donors (Lipinski definition) is 1. The highest BCUT2D eigenvalue weighted by Crippen LogP contribution is 2.43. The summed E-state index contributed by atoms with van der Waals surface area (Å²) in [6.07, 6.45) is 4.01. The van der Waals surface area contributed by atoms with E-state index in [9.17, 15) is 0 Å². The standard InChI is InChI=1S/C10H17N/c1-7(2)8-4-5-10(3)9(6-8)11-10/h8-9,11H,1,4-6H2,2-3H3/t8-,9?,10-/m0/s1. The van der Waals surface area contributed by atoms with E-state index in [1.54, 1.807) is 0 Å². The first-order chi connectivity index (χ1) is 5.12. The maximum absolute atomic E-state index is 4.03. The monoisotopic (exact) mass is 151 g/mol. The number of allylic oxidation sites excluding steroid dienone is 1. The molecule has 0 aromatic carbocycles. The first kappa shape index (κ1) is 7.35. The topological polar surface area (TPSA) is 21.9 Å². The zero-order valence-corrected chi connectivity index (χ0v) is 7.48. The van der Waals surface area contributed by atoms with Crippen LogP contribution < -0.4 is 5.32 Å². The lowest BCUT2D eigenvalue weighted by molar-refractivity contribution is 0.396. The maximum Gasteiger partial charge on any atom is 0.0310 e. The molecule has 2 rings (SSSR count). The minimum absolute atomic E-state index is 0.520. The van der Waals surface area contributed by atoms with Crippen molar-refractivity contribution in [1.82, 2.24) is 5.32 Å². The molecule has 0 spiro atoms. The van der Waals surface area contributed by atoms with Gasteiger partial charge in [0.1, 0.15) is 0 Å². The molecule has 0 radical (unpaired) electrons. The van der Waals surface area contributed by atoms with E-state index >= 15 is 0 Å². The molecule has 3 atom stereocenters. The minimum atomic E-state index is 0.520. The Hall–Kier alpha value is -0.300. The van der Waals surface area contributed by atoms with E-state index in [-0.39, 0.29) is 0 Å². The Morgan fingerprint density at radius 1 is 1.64 bits per heavy atom. The zero-order valence-electron chi connectivity index (χ0n) is 7.48. The van der Waals surface area contributed by atoms with Gasteiger partial charge in [-0.2, -0.15) is 0 Å². The number of hydrogen-bond acceptors (Lipinski definition) is 1. The molecule has 1 N–H and O–H groups in total. The fraction of sp³-hybridized carbons (Fsp3) is 0.800. The molecular weight excluding hydrogens is 134 g/mol. The molecule has 1 heteroatoms. The number of nitrogens with one attached hydrogen (secondary N) is 1. The predicted molar refractivity (Wildman–Crippen MR) is 47.5 cm³/mol. The van der Waals surface area contributed by atoms with Gasteiger partial charge in [0.2, 0.25) is 0 Å². The quantitative estimate of drug-likeness (QED) is 0.450. The maximum atomic E-state index is 4.03. The van der Waals surface area contributed by atoms with Crippen molar-refractivity contribution in [1.29, 1.82) is 0 Å². The Morgan fingerprint density at radius 3 is 2.91 bits per heavy atom. The predicted octanol–water partition coefficient (Wildman–Crippen LogP) is 2.09. The van der Waals surface area contributed by atoms with E-state index in [0.29, 0.717) is 5.54 Å². The SMILES string of the molecule is C=C(C)[C@H]1CC[C@]2(C)NC2C1. The fourth-order valence-corrected chi connectivity index (χ4v) is 2.25. The molecule has 2 aliphatic rings. The highest BCUT2D eigenvalue weighted by Gasteiger charge is 2.52. The van der Waals surface area contributed by atoms with Crippen molar-refractivity contribution in [2.45, 2.75) is 44.7 Å². The lowest BCUT2D eigenvalue weighted by Crippen LogP contribution is -2.21. The van der Waals surface area contributed by atoms with Crippen molar-refractivity contribution in [3.63, 3.8) is 0 Å². The summed E-state index contributed by atoms with van der Waals surface area (Å²) in [5.41, 5.74) is 1.90. The molecule has 62 valence electrons. The van der Waals surface area contributed by atoms with Crippen LogP contribution in [-0.4, -0.2) is 11.6 Å². The first-order valence-electron chi connectivity index (χ1n) is 4.55. The number of rotatable bonds is 1. The highest BCUT2D eigenvalue weighted by molar-refractivity contribution is 5.17. The summed E-state index contributed by atoms with van der Waals surface area (Å²) in [5, 5.41) is 3.55. The Morgan fingerprint density at radius 2 is 2.36 bits per heavy atom. The van der Waals surface area contributed by atoms with Crippen molar-refractivity contribution >= 4 is 0 Å². The second-order valence-corrected chi connectivity index (χ2v) is 4.43. The van der Waals surface area contributed by atoms with Crippen molar-refractivity contribution in [2.75, 3.05) is 0 Å². The van der Waals surface area contributed by atoms with Gasteiger partial charge in [0, 0.05) is 11.6 Å². The summed E-state index contributed by atoms with van der Waals surface area (Å²) in [7, 11) is 0. The molecule has 0 amide bonds. The van der Waals surface area contributed by atoms with Gasteiger partial charge in [-0.25, -0.2) is 0 Å². The Kier molecular flexibility index (Phi) is 1.40. The van der Waals surface area contributed by atoms with Crippen molar-refractivity contribution in [3.8, 4) is 0 Å². The van der Waals surface area contributed by atoms with Gasteiger partial charge in [-0.1, -0.05) is 12.2 Å². The van der Waals surface area contributed by atoms with E-state index in [1.807, 2.05) is 0 Å². The van der Waals surface area contributed by atoms with Gasteiger partial charge in [-0.15, -0.1) is 0 Å². The Bertz CT molecular complexity index is 197. The van der Waals surface area contributed by atoms with Gasteiger partial charge >= 0.3 is 0 Å². The molecule has 0 bridgehead atoms. The second kappa shape index (κ2) is 2.10. The van der Waals surface area contributed by atoms with Crippen LogP contribution in [0, 0.1) is 5.92 Å². The van der Waals surface area contributed by atoms with Crippen molar-refractivity contribution < 1.29 is 0 Å². The molecular formula is C10H17N. The summed E-state index contributed by atoms with van der Waals surface area (Å²) < 4.78 is 0. The minimum Gasteiger partial charge on any atom is -0.305 e. The van der Waals surface area contributed by atoms with Crippen LogP contribution in [0.25, 0.3) is 0 Å². The van der Waals surface area contributed by atoms with E-state index in [1.165, 1.54) is 24.8 Å². The molecule has 1 saturated carbocycles. The third kappa shape index (κ3) is 1.12. The van der Waals surface area contributed by atoms with Crippen LogP contribution in [-0.2, 0) is 0 Å². The molecule has 0 aromatic rings. The van der Waals surface area contributed by atoms with Gasteiger partial charge in [0.25, 0.3) is 0 Å². The third-order valence-electron chi connectivity index (χ3n) is 3.42. The largest absolute Gasteiger partial charge is 0.305 e. The molecule has 1 heterocycles. The van der Waals surface area contributed by atoms with E-state index in [0.717, 1.165) is 12.0 Å². The lowest BCUT2D eigenvalue weighted by atomic mass is 9.80. The van der Waals surface area contributed by atoms with Crippen molar-refractivity contribution in [3.05, 3.63) is 12.2 Å². The molecule has 1 aliphatic heterocycles. The molecule has 2 fully saturated rings. The van der Waals surface area contributed by atoms with Crippen LogP contribution >= 0.6 is 0 Å². The molecule has 1 aliphatic carbocycles. The number of fused-ring (bicyclic) bond motifs is 1. The summed E-state index contributed by atoms with van der Waals surface area (Å²) in [6.45, 7) is 8.53. The van der Waals surface area contributed by atoms with Gasteiger partial charge < -0.3 is 5.32 Å². The molecule has 11 heavy (non-hydrogen) atoms. The average molecular weight is 151 g/mol. The smallest absolute Gasteiger partial charge is 0.0310 e. The highest BCUT2D eigenvalue weighted by atomic mass is 15.2. The van der Waals surface area contributed by atoms with Crippen LogP contribution in [0.15, 0.2) is 12.2 Å². The summed E-state index contributed by atoms with van der Waals surface area (Å²) in [5.74, 6) is 0.795. The first-order valence-corrected chi connectivity index (χ1v) is 4.55. The third-order valence-corrected chi connectivity index (χ3v) is 3.42. The van der Waals surface area contributed by atoms with Crippen LogP contribution in [0.1, 0.15) is 33.1 Å². The van der Waals surface area contributed by atoms with Gasteiger partial charge in [0.05, 0.1) is 0 Å². The van der Waals surface area contributed by atoms with Gasteiger partial charge in [0.15, 0.2) is 0 Å². The van der Waals surface area contributed by atoms with Crippen LogP contribution in [0.3, 0.4) is 0 Å². The second-order valence-electron chi connectivity index (χ2n) is 4.43. The van der Waals surface area contributed by atoms with Gasteiger partial charge in [-0.05, 0) is 39.0 Å². The van der Waals surface area contributed by atoms with E-state index in [4.69, 9.17) is 0 Å². The zero-order chi connectivity index (χ0) is 8.06. The fourth-order valence-electron chi connectivity index (χ4n) is 2.25. The average Bonchev–Trinajstić information content (AvgIpc) is 2.58. The molecule has 1 unspecified atom stereocenters. The summed E-state index contributed by atoms with van der Waals surface area (Å²) in [4.78, 5) is 0. The van der Waals surface area contributed by atoms with Crippen molar-refractivity contribution in [2.24, 2.45) is 5.92 Å². The van der Waals surface area contributed by atoms with E-state index in [2.05, 4.69) is 25.7 Å². The Labute approximate surface area is 68.9 Å². The van der Waals surface area contributed by atoms with Crippen LogP contribution in [0.2, 0.25) is 0 Å². The Balaban J connectivity index is 1.98. The van der Waals surface area contributed by atoms with E-state index < -0.39 is 0 Å². The van der Waals surface area contributed by atoms with Crippen LogP contribution in [0.5, 0.6) is 0 Å².